The van der Waals surface area contributed by atoms with Gasteiger partial charge in [-0.25, -0.2) is 9.18 Å². The molecule has 8 heteroatoms. The van der Waals surface area contributed by atoms with E-state index in [1.54, 1.807) is 30.3 Å². The van der Waals surface area contributed by atoms with E-state index in [1.807, 2.05) is 0 Å². The van der Waals surface area contributed by atoms with Gasteiger partial charge in [0.05, 0.1) is 11.5 Å². The summed E-state index contributed by atoms with van der Waals surface area (Å²) >= 11 is 12.4. The summed E-state index contributed by atoms with van der Waals surface area (Å²) in [5, 5.41) is 10.5. The number of benzene rings is 3. The van der Waals surface area contributed by atoms with Crippen molar-refractivity contribution in [2.24, 2.45) is 5.73 Å². The van der Waals surface area contributed by atoms with Gasteiger partial charge in [-0.2, -0.15) is 5.26 Å². The number of halogens is 3. The Balaban J connectivity index is 1.71. The third-order valence-corrected chi connectivity index (χ3v) is 5.32. The molecule has 0 spiro atoms. The Morgan fingerprint density at radius 3 is 2.45 bits per heavy atom. The molecule has 0 saturated carbocycles. The van der Waals surface area contributed by atoms with E-state index in [0.717, 1.165) is 0 Å². The van der Waals surface area contributed by atoms with Crippen molar-refractivity contribution in [3.63, 3.8) is 0 Å². The van der Waals surface area contributed by atoms with E-state index in [2.05, 4.69) is 6.07 Å². The van der Waals surface area contributed by atoms with E-state index in [4.69, 9.17) is 38.4 Å². The summed E-state index contributed by atoms with van der Waals surface area (Å²) in [5.74, 6) is -1.26. The maximum Gasteiger partial charge on any atom is 0.343 e. The first kappa shape index (κ1) is 20.7. The Morgan fingerprint density at radius 1 is 1.06 bits per heavy atom. The van der Waals surface area contributed by atoms with E-state index < -0.39 is 17.7 Å². The summed E-state index contributed by atoms with van der Waals surface area (Å²) < 4.78 is 24.1. The maximum atomic E-state index is 13.1. The molecule has 1 aliphatic heterocycles. The van der Waals surface area contributed by atoms with Crippen LogP contribution in [-0.4, -0.2) is 5.97 Å². The molecular formula is C23H13Cl2FN2O3. The van der Waals surface area contributed by atoms with Crippen molar-refractivity contribution >= 4 is 29.2 Å². The second-order valence-corrected chi connectivity index (χ2v) is 7.53. The zero-order valence-corrected chi connectivity index (χ0v) is 17.2. The van der Waals surface area contributed by atoms with E-state index in [1.165, 1.54) is 30.3 Å². The van der Waals surface area contributed by atoms with E-state index in [0.29, 0.717) is 26.9 Å². The highest BCUT2D eigenvalue weighted by molar-refractivity contribution is 6.35. The van der Waals surface area contributed by atoms with Crippen LogP contribution in [0.25, 0.3) is 0 Å². The average molecular weight is 455 g/mol. The minimum Gasteiger partial charge on any atom is -0.440 e. The molecule has 31 heavy (non-hydrogen) atoms. The minimum atomic E-state index is -0.658. The molecule has 0 fully saturated rings. The fourth-order valence-corrected chi connectivity index (χ4v) is 3.82. The van der Waals surface area contributed by atoms with E-state index in [-0.39, 0.29) is 22.8 Å². The second kappa shape index (κ2) is 8.31. The average Bonchev–Trinajstić information content (AvgIpc) is 2.73. The van der Waals surface area contributed by atoms with Crippen molar-refractivity contribution < 1.29 is 18.7 Å². The summed E-state index contributed by atoms with van der Waals surface area (Å²) in [6.07, 6.45) is 0. The van der Waals surface area contributed by atoms with Gasteiger partial charge in [-0.1, -0.05) is 35.3 Å². The SMILES string of the molecule is N#CC1=C(N)Oc2cc(OC(=O)c3ccc(F)cc3)ccc2C1c1ccc(Cl)cc1Cl. The van der Waals surface area contributed by atoms with Gasteiger partial charge in [0.2, 0.25) is 5.88 Å². The molecule has 0 bridgehead atoms. The normalized spacial score (nSPS) is 15.0. The monoisotopic (exact) mass is 454 g/mol. The second-order valence-electron chi connectivity index (χ2n) is 6.69. The van der Waals surface area contributed by atoms with Gasteiger partial charge >= 0.3 is 5.97 Å². The summed E-state index contributed by atoms with van der Waals surface area (Å²) in [4.78, 5) is 12.3. The molecular weight excluding hydrogens is 442 g/mol. The Bertz CT molecular complexity index is 1270. The third kappa shape index (κ3) is 4.06. The number of fused-ring (bicyclic) bond motifs is 1. The predicted molar refractivity (Wildman–Crippen MR) is 114 cm³/mol. The zero-order chi connectivity index (χ0) is 22.1. The topological polar surface area (TPSA) is 85.3 Å². The van der Waals surface area contributed by atoms with Crippen molar-refractivity contribution in [3.8, 4) is 17.6 Å². The van der Waals surface area contributed by atoms with Gasteiger partial charge in [0.1, 0.15) is 29.0 Å². The lowest BCUT2D eigenvalue weighted by Gasteiger charge is -2.27. The fourth-order valence-electron chi connectivity index (χ4n) is 3.31. The van der Waals surface area contributed by atoms with Crippen molar-refractivity contribution in [3.05, 3.63) is 105 Å². The van der Waals surface area contributed by atoms with Crippen LogP contribution in [0.3, 0.4) is 0 Å². The van der Waals surface area contributed by atoms with E-state index in [9.17, 15) is 14.4 Å². The Hall–Kier alpha value is -3.53. The number of esters is 1. The molecule has 1 aliphatic rings. The predicted octanol–water partition coefficient (Wildman–Crippen LogP) is 5.57. The van der Waals surface area contributed by atoms with Crippen LogP contribution >= 0.6 is 23.2 Å². The van der Waals surface area contributed by atoms with Gasteiger partial charge in [-0.3, -0.25) is 0 Å². The number of nitrogens with two attached hydrogens (primary N) is 1. The highest BCUT2D eigenvalue weighted by Gasteiger charge is 2.32. The molecule has 0 aliphatic carbocycles. The lowest BCUT2D eigenvalue weighted by atomic mass is 9.83. The van der Waals surface area contributed by atoms with Crippen LogP contribution in [0.4, 0.5) is 4.39 Å². The summed E-state index contributed by atoms with van der Waals surface area (Å²) in [6, 6.07) is 16.8. The number of nitriles is 1. The smallest absolute Gasteiger partial charge is 0.343 e. The quantitative estimate of drug-likeness (QED) is 0.412. The molecule has 1 unspecified atom stereocenters. The van der Waals surface area contributed by atoms with Crippen LogP contribution < -0.4 is 15.2 Å². The highest BCUT2D eigenvalue weighted by Crippen LogP contribution is 2.45. The number of hydrogen-bond acceptors (Lipinski definition) is 5. The largest absolute Gasteiger partial charge is 0.440 e. The molecule has 0 aromatic heterocycles. The standard InChI is InChI=1S/C23H13Cl2FN2O3/c24-13-3-7-16(19(25)9-13)21-17-8-6-15(10-20(17)31-22(28)18(21)11-27)30-23(29)12-1-4-14(26)5-2-12/h1-10,21H,28H2. The number of allylic oxidation sites excluding steroid dienone is 1. The Morgan fingerprint density at radius 2 is 1.77 bits per heavy atom. The van der Waals surface area contributed by atoms with Crippen LogP contribution in [0.2, 0.25) is 10.0 Å². The van der Waals surface area contributed by atoms with Gasteiger partial charge < -0.3 is 15.2 Å². The van der Waals surface area contributed by atoms with Gasteiger partial charge in [0.15, 0.2) is 0 Å². The van der Waals surface area contributed by atoms with Crippen LogP contribution in [-0.2, 0) is 0 Å². The van der Waals surface area contributed by atoms with Gasteiger partial charge in [-0.05, 0) is 48.0 Å². The molecule has 1 atom stereocenters. The molecule has 5 nitrogen and oxygen atoms in total. The summed E-state index contributed by atoms with van der Waals surface area (Å²) in [5.41, 5.74) is 7.64. The number of ether oxygens (including phenoxy) is 2. The third-order valence-electron chi connectivity index (χ3n) is 4.75. The number of carbonyl (C=O) groups is 1. The first-order valence-corrected chi connectivity index (χ1v) is 9.77. The van der Waals surface area contributed by atoms with E-state index >= 15 is 0 Å². The fraction of sp³-hybridized carbons (Fsp3) is 0.0435. The van der Waals surface area contributed by atoms with Crippen LogP contribution in [0, 0.1) is 17.1 Å². The highest BCUT2D eigenvalue weighted by atomic mass is 35.5. The van der Waals surface area contributed by atoms with Crippen molar-refractivity contribution in [2.75, 3.05) is 0 Å². The number of hydrogen-bond donors (Lipinski definition) is 1. The lowest BCUT2D eigenvalue weighted by molar-refractivity contribution is 0.0734. The maximum absolute atomic E-state index is 13.1. The van der Waals surface area contributed by atoms with Crippen LogP contribution in [0.1, 0.15) is 27.4 Å². The zero-order valence-electron chi connectivity index (χ0n) is 15.7. The number of carbonyl (C=O) groups excluding carboxylic acids is 1. The molecule has 0 radical (unpaired) electrons. The minimum absolute atomic E-state index is 0.0759. The summed E-state index contributed by atoms with van der Waals surface area (Å²) in [7, 11) is 0. The van der Waals surface area contributed by atoms with Gasteiger partial charge in [0.25, 0.3) is 0 Å². The Labute approximate surface area is 187 Å². The van der Waals surface area contributed by atoms with Gasteiger partial charge in [-0.15, -0.1) is 0 Å². The molecule has 3 aromatic carbocycles. The van der Waals surface area contributed by atoms with Gasteiger partial charge in [0, 0.05) is 21.7 Å². The first-order chi connectivity index (χ1) is 14.9. The van der Waals surface area contributed by atoms with Crippen molar-refractivity contribution in [2.45, 2.75) is 5.92 Å². The molecule has 3 aromatic rings. The molecule has 4 rings (SSSR count). The molecule has 154 valence electrons. The molecule has 0 saturated heterocycles. The first-order valence-electron chi connectivity index (χ1n) is 9.01. The van der Waals surface area contributed by atoms with Crippen LogP contribution in [0.5, 0.6) is 11.5 Å². The van der Waals surface area contributed by atoms with Crippen molar-refractivity contribution in [1.82, 2.24) is 0 Å². The number of nitrogens with zero attached hydrogens (tertiary/aromatic N) is 1. The molecule has 2 N–H and O–H groups in total. The lowest BCUT2D eigenvalue weighted by Crippen LogP contribution is -2.21. The van der Waals surface area contributed by atoms with Crippen molar-refractivity contribution in [1.29, 1.82) is 5.26 Å². The summed E-state index contributed by atoms with van der Waals surface area (Å²) in [6.45, 7) is 0. The van der Waals surface area contributed by atoms with Crippen LogP contribution in [0.15, 0.2) is 72.1 Å². The number of rotatable bonds is 3. The molecule has 1 heterocycles. The Kier molecular flexibility index (Phi) is 5.55. The molecule has 0 amide bonds.